The largest absolute Gasteiger partial charge is 0.396 e. The Morgan fingerprint density at radius 2 is 1.90 bits per heavy atom. The molecule has 0 aliphatic carbocycles. The minimum atomic E-state index is -0.897. The minimum Gasteiger partial charge on any atom is -0.396 e. The molecule has 102 valence electrons. The van der Waals surface area contributed by atoms with Crippen LogP contribution in [-0.4, -0.2) is 12.5 Å². The topological polar surface area (TPSA) is 46.3 Å². The van der Waals surface area contributed by atoms with Gasteiger partial charge in [0.05, 0.1) is 11.3 Å². The van der Waals surface area contributed by atoms with Crippen LogP contribution in [0.1, 0.15) is 15.9 Å². The van der Waals surface area contributed by atoms with E-state index < -0.39 is 17.5 Å². The van der Waals surface area contributed by atoms with Crippen LogP contribution in [0.4, 0.5) is 20.2 Å². The number of carbonyl (C=O) groups is 1. The zero-order valence-corrected chi connectivity index (χ0v) is 10.6. The van der Waals surface area contributed by atoms with Gasteiger partial charge in [-0.1, -0.05) is 18.2 Å². The molecule has 2 aromatic rings. The zero-order valence-electron chi connectivity index (χ0n) is 10.6. The second-order valence-corrected chi connectivity index (χ2v) is 4.69. The molecule has 0 bridgehead atoms. The van der Waals surface area contributed by atoms with Crippen LogP contribution in [-0.2, 0) is 6.42 Å². The third kappa shape index (κ3) is 1.91. The van der Waals surface area contributed by atoms with Crippen molar-refractivity contribution in [2.45, 2.75) is 6.42 Å². The van der Waals surface area contributed by atoms with Gasteiger partial charge in [0.25, 0.3) is 5.91 Å². The van der Waals surface area contributed by atoms with Gasteiger partial charge in [0.15, 0.2) is 0 Å². The van der Waals surface area contributed by atoms with Gasteiger partial charge in [-0.25, -0.2) is 8.78 Å². The van der Waals surface area contributed by atoms with Gasteiger partial charge in [0, 0.05) is 18.3 Å². The molecule has 0 aromatic heterocycles. The fourth-order valence-corrected chi connectivity index (χ4v) is 2.42. The molecule has 3 rings (SSSR count). The van der Waals surface area contributed by atoms with E-state index in [9.17, 15) is 13.6 Å². The molecule has 0 fully saturated rings. The summed E-state index contributed by atoms with van der Waals surface area (Å²) in [7, 11) is 0. The van der Waals surface area contributed by atoms with Crippen molar-refractivity contribution in [1.29, 1.82) is 0 Å². The maximum atomic E-state index is 13.8. The number of amides is 1. The Morgan fingerprint density at radius 3 is 2.70 bits per heavy atom. The fourth-order valence-electron chi connectivity index (χ4n) is 2.42. The third-order valence-corrected chi connectivity index (χ3v) is 3.45. The van der Waals surface area contributed by atoms with Gasteiger partial charge in [-0.2, -0.15) is 0 Å². The number of anilines is 2. The Kier molecular flexibility index (Phi) is 2.89. The van der Waals surface area contributed by atoms with E-state index in [-0.39, 0.29) is 11.3 Å². The van der Waals surface area contributed by atoms with E-state index in [1.54, 1.807) is 0 Å². The summed E-state index contributed by atoms with van der Waals surface area (Å²) in [6.45, 7) is 0.481. The first kappa shape index (κ1) is 12.6. The number of nitrogen functional groups attached to an aromatic ring is 1. The van der Waals surface area contributed by atoms with Crippen molar-refractivity contribution < 1.29 is 13.6 Å². The molecule has 1 heterocycles. The first-order valence-electron chi connectivity index (χ1n) is 6.22. The summed E-state index contributed by atoms with van der Waals surface area (Å²) in [5, 5.41) is 0. The standard InChI is InChI=1S/C15H12F2N2O/c16-11-8-12(17)13(18)7-10(11)15(20)19-6-5-9-3-1-2-4-14(9)19/h1-4,7-8H,5-6,18H2. The molecule has 0 saturated heterocycles. The van der Waals surface area contributed by atoms with Crippen LogP contribution >= 0.6 is 0 Å². The summed E-state index contributed by atoms with van der Waals surface area (Å²) in [4.78, 5) is 13.9. The van der Waals surface area contributed by atoms with Crippen molar-refractivity contribution in [1.82, 2.24) is 0 Å². The SMILES string of the molecule is Nc1cc(C(=O)N2CCc3ccccc32)c(F)cc1F. The lowest BCUT2D eigenvalue weighted by Gasteiger charge is -2.18. The van der Waals surface area contributed by atoms with Crippen LogP contribution in [0.15, 0.2) is 36.4 Å². The molecular formula is C15H12F2N2O. The van der Waals surface area contributed by atoms with Gasteiger partial charge >= 0.3 is 0 Å². The lowest BCUT2D eigenvalue weighted by atomic mass is 10.1. The number of fused-ring (bicyclic) bond motifs is 1. The van der Waals surface area contributed by atoms with Crippen LogP contribution in [0.5, 0.6) is 0 Å². The summed E-state index contributed by atoms with van der Waals surface area (Å²) in [5.41, 5.74) is 6.77. The van der Waals surface area contributed by atoms with Gasteiger partial charge in [-0.15, -0.1) is 0 Å². The summed E-state index contributed by atoms with van der Waals surface area (Å²) >= 11 is 0. The number of nitrogens with zero attached hydrogens (tertiary/aromatic N) is 1. The highest BCUT2D eigenvalue weighted by Gasteiger charge is 2.27. The molecule has 20 heavy (non-hydrogen) atoms. The summed E-state index contributed by atoms with van der Waals surface area (Å²) in [6.07, 6.45) is 0.722. The molecule has 1 aliphatic heterocycles. The van der Waals surface area contributed by atoms with Crippen molar-refractivity contribution in [3.05, 3.63) is 59.2 Å². The highest BCUT2D eigenvalue weighted by molar-refractivity contribution is 6.07. The monoisotopic (exact) mass is 274 g/mol. The average molecular weight is 274 g/mol. The number of para-hydroxylation sites is 1. The Labute approximate surface area is 114 Å². The van der Waals surface area contributed by atoms with Gasteiger partial charge in [0.2, 0.25) is 0 Å². The molecule has 2 aromatic carbocycles. The number of nitrogens with two attached hydrogens (primary N) is 1. The molecule has 1 amide bonds. The van der Waals surface area contributed by atoms with Gasteiger partial charge in [-0.05, 0) is 24.1 Å². The highest BCUT2D eigenvalue weighted by Crippen LogP contribution is 2.30. The number of hydrogen-bond acceptors (Lipinski definition) is 2. The first-order chi connectivity index (χ1) is 9.58. The lowest BCUT2D eigenvalue weighted by molar-refractivity contribution is 0.0985. The van der Waals surface area contributed by atoms with Gasteiger partial charge < -0.3 is 10.6 Å². The molecule has 0 atom stereocenters. The molecule has 0 saturated carbocycles. The first-order valence-corrected chi connectivity index (χ1v) is 6.22. The maximum absolute atomic E-state index is 13.8. The molecular weight excluding hydrogens is 262 g/mol. The van der Waals surface area contributed by atoms with Gasteiger partial charge in [-0.3, -0.25) is 4.79 Å². The van der Waals surface area contributed by atoms with Crippen LogP contribution in [0.25, 0.3) is 0 Å². The Bertz CT molecular complexity index is 700. The van der Waals surface area contributed by atoms with E-state index in [4.69, 9.17) is 5.73 Å². The third-order valence-electron chi connectivity index (χ3n) is 3.45. The van der Waals surface area contributed by atoms with Crippen molar-refractivity contribution in [2.24, 2.45) is 0 Å². The molecule has 2 N–H and O–H groups in total. The number of benzene rings is 2. The van der Waals surface area contributed by atoms with E-state index >= 15 is 0 Å². The number of halogens is 2. The highest BCUT2D eigenvalue weighted by atomic mass is 19.1. The molecule has 3 nitrogen and oxygen atoms in total. The van der Waals surface area contributed by atoms with Crippen molar-refractivity contribution >= 4 is 17.3 Å². The normalized spacial score (nSPS) is 13.4. The predicted molar refractivity (Wildman–Crippen MR) is 72.6 cm³/mol. The quantitative estimate of drug-likeness (QED) is 0.813. The van der Waals surface area contributed by atoms with Crippen LogP contribution < -0.4 is 10.6 Å². The molecule has 5 heteroatoms. The fraction of sp³-hybridized carbons (Fsp3) is 0.133. The Hall–Kier alpha value is -2.43. The summed E-state index contributed by atoms with van der Waals surface area (Å²) < 4.78 is 26.9. The molecule has 0 unspecified atom stereocenters. The lowest BCUT2D eigenvalue weighted by Crippen LogP contribution is -2.29. The maximum Gasteiger partial charge on any atom is 0.261 e. The number of hydrogen-bond donors (Lipinski definition) is 1. The molecule has 0 spiro atoms. The van der Waals surface area contributed by atoms with Crippen LogP contribution in [0, 0.1) is 11.6 Å². The minimum absolute atomic E-state index is 0.208. The summed E-state index contributed by atoms with van der Waals surface area (Å²) in [5.74, 6) is -2.26. The van der Waals surface area contributed by atoms with Crippen LogP contribution in [0.3, 0.4) is 0 Å². The molecule has 0 radical (unpaired) electrons. The van der Waals surface area contributed by atoms with Gasteiger partial charge in [0.1, 0.15) is 11.6 Å². The zero-order chi connectivity index (χ0) is 14.3. The second-order valence-electron chi connectivity index (χ2n) is 4.69. The Balaban J connectivity index is 2.01. The summed E-state index contributed by atoms with van der Waals surface area (Å²) in [6, 6.07) is 9.14. The predicted octanol–water partition coefficient (Wildman–Crippen LogP) is 2.75. The van der Waals surface area contributed by atoms with Crippen molar-refractivity contribution in [3.8, 4) is 0 Å². The van der Waals surface area contributed by atoms with Crippen molar-refractivity contribution in [3.63, 3.8) is 0 Å². The molecule has 1 aliphatic rings. The van der Waals surface area contributed by atoms with E-state index in [0.29, 0.717) is 12.6 Å². The van der Waals surface area contributed by atoms with E-state index in [1.807, 2.05) is 24.3 Å². The van der Waals surface area contributed by atoms with E-state index in [0.717, 1.165) is 23.7 Å². The van der Waals surface area contributed by atoms with E-state index in [2.05, 4.69) is 0 Å². The smallest absolute Gasteiger partial charge is 0.261 e. The average Bonchev–Trinajstić information content (AvgIpc) is 2.86. The second kappa shape index (κ2) is 4.59. The van der Waals surface area contributed by atoms with E-state index in [1.165, 1.54) is 4.90 Å². The van der Waals surface area contributed by atoms with Crippen molar-refractivity contribution in [2.75, 3.05) is 17.2 Å². The Morgan fingerprint density at radius 1 is 1.15 bits per heavy atom. The van der Waals surface area contributed by atoms with Crippen LogP contribution in [0.2, 0.25) is 0 Å². The number of carbonyl (C=O) groups excluding carboxylic acids is 1. The number of rotatable bonds is 1.